The zero-order chi connectivity index (χ0) is 66.6. The molecule has 4 saturated carbocycles. The van der Waals surface area contributed by atoms with Crippen LogP contribution in [0.2, 0.25) is 0 Å². The minimum absolute atomic E-state index is 0.196. The molecule has 28 heteroatoms. The summed E-state index contributed by atoms with van der Waals surface area (Å²) in [5, 5.41) is 147. The van der Waals surface area contributed by atoms with Crippen LogP contribution in [0.15, 0.2) is 23.3 Å². The molecule has 0 bridgehead atoms. The first kappa shape index (κ1) is 70.9. The maximum Gasteiger partial charge on any atom is 0.335 e. The van der Waals surface area contributed by atoms with E-state index in [4.69, 9.17) is 52.1 Å². The summed E-state index contributed by atoms with van der Waals surface area (Å²) >= 11 is 0. The second-order valence-corrected chi connectivity index (χ2v) is 28.6. The van der Waals surface area contributed by atoms with Gasteiger partial charge in [-0.1, -0.05) is 66.2 Å². The fourth-order valence-corrected chi connectivity index (χ4v) is 17.9. The number of aliphatic hydroxyl groups excluding tert-OH is 12. The van der Waals surface area contributed by atoms with E-state index in [9.17, 15) is 85.6 Å². The summed E-state index contributed by atoms with van der Waals surface area (Å²) in [4.78, 5) is 51.8. The van der Waals surface area contributed by atoms with Crippen LogP contribution in [-0.4, -0.2) is 257 Å². The van der Waals surface area contributed by atoms with Crippen LogP contribution < -0.4 is 0 Å². The topological polar surface area (TPSA) is 433 Å². The highest BCUT2D eigenvalue weighted by Gasteiger charge is 2.76. The van der Waals surface area contributed by atoms with Gasteiger partial charge in [-0.3, -0.25) is 9.59 Å². The van der Waals surface area contributed by atoms with E-state index in [1.165, 1.54) is 26.8 Å². The average molecular weight is 1290 g/mol. The molecule has 4 heterocycles. The van der Waals surface area contributed by atoms with E-state index >= 15 is 0 Å². The van der Waals surface area contributed by atoms with Crippen LogP contribution in [0.25, 0.3) is 0 Å². The molecule has 9 aliphatic rings. The second-order valence-electron chi connectivity index (χ2n) is 28.6. The second kappa shape index (κ2) is 25.9. The van der Waals surface area contributed by atoms with Crippen LogP contribution in [0.5, 0.6) is 0 Å². The van der Waals surface area contributed by atoms with Gasteiger partial charge in [-0.15, -0.1) is 0 Å². The number of carbonyl (C=O) groups excluding carboxylic acids is 3. The Morgan fingerprint density at radius 2 is 1.18 bits per heavy atom. The maximum absolute atomic E-state index is 13.3. The third-order valence-corrected chi connectivity index (χ3v) is 23.0. The summed E-state index contributed by atoms with van der Waals surface area (Å²) in [6, 6.07) is 0. The molecule has 90 heavy (non-hydrogen) atoms. The number of fused-ring (bicyclic) bond motifs is 7. The molecule has 31 atom stereocenters. The number of esters is 3. The fourth-order valence-electron chi connectivity index (χ4n) is 17.9. The van der Waals surface area contributed by atoms with Crippen LogP contribution in [0, 0.1) is 50.2 Å². The molecule has 9 rings (SSSR count). The molecular weight excluding hydrogens is 1190 g/mol. The number of hydrogen-bond donors (Lipinski definition) is 13. The maximum atomic E-state index is 13.3. The summed E-state index contributed by atoms with van der Waals surface area (Å²) in [5.74, 6) is -5.22. The van der Waals surface area contributed by atoms with E-state index in [1.54, 1.807) is 6.92 Å². The Kier molecular flexibility index (Phi) is 20.4. The molecule has 3 unspecified atom stereocenters. The third kappa shape index (κ3) is 11.5. The van der Waals surface area contributed by atoms with Crippen LogP contribution in [0.4, 0.5) is 0 Å². The van der Waals surface area contributed by atoms with E-state index in [0.29, 0.717) is 25.7 Å². The fraction of sp³-hybridized carbons (Fsp3) is 0.871. The monoisotopic (exact) mass is 1290 g/mol. The van der Waals surface area contributed by atoms with Gasteiger partial charge in [-0.05, 0) is 93.3 Å². The quantitative estimate of drug-likeness (QED) is 0.0282. The number of aliphatic carboxylic acids is 1. The molecule has 5 aliphatic carbocycles. The Labute approximate surface area is 522 Å². The van der Waals surface area contributed by atoms with Crippen molar-refractivity contribution in [3.63, 3.8) is 0 Å². The Bertz CT molecular complexity index is 2690. The first-order chi connectivity index (χ1) is 42.0. The highest BCUT2D eigenvalue weighted by atomic mass is 16.8. The zero-order valence-corrected chi connectivity index (χ0v) is 53.0. The first-order valence-corrected chi connectivity index (χ1v) is 31.3. The van der Waals surface area contributed by atoms with E-state index in [0.717, 1.165) is 12.5 Å². The number of rotatable bonds is 16. The number of carboxylic acids is 1. The summed E-state index contributed by atoms with van der Waals surface area (Å²) in [7, 11) is 0. The molecule has 0 aromatic carbocycles. The van der Waals surface area contributed by atoms with Gasteiger partial charge < -0.3 is 118 Å². The first-order valence-electron chi connectivity index (χ1n) is 31.3. The molecular formula is C62H96O28. The van der Waals surface area contributed by atoms with Crippen molar-refractivity contribution in [3.8, 4) is 0 Å². The van der Waals surface area contributed by atoms with Gasteiger partial charge >= 0.3 is 23.9 Å². The lowest BCUT2D eigenvalue weighted by molar-refractivity contribution is -0.386. The molecule has 0 spiro atoms. The Hall–Kier alpha value is -3.44. The van der Waals surface area contributed by atoms with Crippen molar-refractivity contribution in [2.75, 3.05) is 19.8 Å². The van der Waals surface area contributed by atoms with Crippen LogP contribution in [-0.2, 0) is 71.3 Å². The molecule has 0 radical (unpaired) electrons. The standard InChI is InChI=1S/C62H96O28/c1-13-24(2)52(79)86-42-25(3)80-55(41(74)44(42)81-26(4)66)90-50-49(82-27(5)67)57(6,7)20-29-28-14-15-33-59(10)18-17-34(58(8,9)32(59)16-19-60(33,11)61(28,12)47(75)48(76)62(29,50)23-65)85-56-46(89-54-39(72)37(70)35(68)30(21-63)83-54)43(40(73)45(88-56)51(77)78)87-53-38(71)36(69)31(22-64)84-53/h13-14,25,29-50,53-56,63-65,68-76H,15-23H2,1-12H3,(H,77,78)/b24-13-/t25-,29?,30+,31+,32?,33?,34-,35-,36+,37-,38-,39+,40-,41-,42-,43-,44-,45-,46+,47+,48-,49-,50+,53+,54-,55+,56-,59-,60+,61-,62-/m0/s1. The minimum atomic E-state index is -2.16. The molecule has 8 fully saturated rings. The van der Waals surface area contributed by atoms with Crippen molar-refractivity contribution in [2.24, 2.45) is 50.2 Å². The number of carbonyl (C=O) groups is 4. The molecule has 0 aromatic rings. The van der Waals surface area contributed by atoms with Gasteiger partial charge in [-0.25, -0.2) is 9.59 Å². The van der Waals surface area contributed by atoms with Crippen LogP contribution in [0.1, 0.15) is 122 Å². The number of hydrogen-bond acceptors (Lipinski definition) is 27. The van der Waals surface area contributed by atoms with Gasteiger partial charge in [0.2, 0.25) is 0 Å². The predicted octanol–water partition coefficient (Wildman–Crippen LogP) is -1.26. The van der Waals surface area contributed by atoms with Crippen molar-refractivity contribution in [2.45, 2.75) is 269 Å². The van der Waals surface area contributed by atoms with Crippen molar-refractivity contribution >= 4 is 23.9 Å². The van der Waals surface area contributed by atoms with Gasteiger partial charge in [0.25, 0.3) is 0 Å². The molecule has 0 amide bonds. The van der Waals surface area contributed by atoms with Crippen molar-refractivity contribution in [1.29, 1.82) is 0 Å². The Morgan fingerprint density at radius 3 is 1.74 bits per heavy atom. The molecule has 0 aromatic heterocycles. The predicted molar refractivity (Wildman–Crippen MR) is 304 cm³/mol. The van der Waals surface area contributed by atoms with E-state index in [2.05, 4.69) is 19.9 Å². The lowest BCUT2D eigenvalue weighted by atomic mass is 9.32. The van der Waals surface area contributed by atoms with Crippen molar-refractivity contribution in [3.05, 3.63) is 23.3 Å². The number of carboxylic acid groups (broad SMARTS) is 1. The minimum Gasteiger partial charge on any atom is -0.479 e. The van der Waals surface area contributed by atoms with E-state index < -0.39 is 229 Å². The highest BCUT2D eigenvalue weighted by molar-refractivity contribution is 5.87. The lowest BCUT2D eigenvalue weighted by Gasteiger charge is -2.73. The lowest BCUT2D eigenvalue weighted by Crippen LogP contribution is -2.77. The summed E-state index contributed by atoms with van der Waals surface area (Å²) < 4.78 is 67.1. The molecule has 4 saturated heterocycles. The molecule has 28 nitrogen and oxygen atoms in total. The zero-order valence-electron chi connectivity index (χ0n) is 53.0. The Balaban J connectivity index is 1.04. The van der Waals surface area contributed by atoms with E-state index in [-0.39, 0.29) is 30.3 Å². The normalized spacial score (nSPS) is 49.8. The SMILES string of the molecule is C/C=C(/C)C(=O)O[C@@H]1[C@@H](OC(C)=O)[C@H](O)[C@@H](O[C@@H]2[C@H](OC(C)=O)C(C)(C)CC3C4=CCC5[C@@]6(C)CC[C@H](O[C@H]7O[C@H](C(=O)O)[C@@H](O)[C@H](O[C@H]8O[C@H](CO)[C@@H](O)[C@@H]8O)[C@H]7O[C@@H]7O[C@H](CO)[C@H](O)[C@H](O)[C@H]7O)C(C)(C)C6CC[C@@]5(C)[C@]4(C)[C@H](O)[C@H](O)[C@]32CO)O[C@H]1C. The molecule has 512 valence electrons. The molecule has 13 N–H and O–H groups in total. The number of ether oxygens (including phenoxy) is 11. The molecule has 4 aliphatic heterocycles. The average Bonchev–Trinajstić information content (AvgIpc) is 0.709. The van der Waals surface area contributed by atoms with E-state index in [1.807, 2.05) is 34.6 Å². The van der Waals surface area contributed by atoms with Crippen molar-refractivity contribution < 1.29 is 138 Å². The van der Waals surface area contributed by atoms with Crippen LogP contribution in [0.3, 0.4) is 0 Å². The van der Waals surface area contributed by atoms with Crippen molar-refractivity contribution in [1.82, 2.24) is 0 Å². The Morgan fingerprint density at radius 1 is 0.600 bits per heavy atom. The van der Waals surface area contributed by atoms with Crippen LogP contribution >= 0.6 is 0 Å². The number of aliphatic hydroxyl groups is 12. The van der Waals surface area contributed by atoms with Gasteiger partial charge in [0, 0.05) is 30.3 Å². The highest BCUT2D eigenvalue weighted by Crippen LogP contribution is 2.76. The summed E-state index contributed by atoms with van der Waals surface area (Å²) in [6.07, 6.45) is -34.5. The number of allylic oxidation sites excluding steroid dienone is 2. The summed E-state index contributed by atoms with van der Waals surface area (Å²) in [6.45, 7) is 18.4. The van der Waals surface area contributed by atoms with Gasteiger partial charge in [-0.2, -0.15) is 0 Å². The van der Waals surface area contributed by atoms with Gasteiger partial charge in [0.15, 0.2) is 43.5 Å². The van der Waals surface area contributed by atoms with Gasteiger partial charge in [0.05, 0.1) is 49.7 Å². The largest absolute Gasteiger partial charge is 0.479 e. The van der Waals surface area contributed by atoms with Gasteiger partial charge in [0.1, 0.15) is 79.4 Å². The third-order valence-electron chi connectivity index (χ3n) is 23.0. The summed E-state index contributed by atoms with van der Waals surface area (Å²) in [5.41, 5.74) is -5.38. The smallest absolute Gasteiger partial charge is 0.335 e.